The second-order valence-electron chi connectivity index (χ2n) is 7.54. The Hall–Kier alpha value is -3.18. The van der Waals surface area contributed by atoms with Gasteiger partial charge in [0, 0.05) is 25.4 Å². The lowest BCUT2D eigenvalue weighted by molar-refractivity contribution is 0.141. The number of nitrogens with one attached hydrogen (secondary N) is 1. The second-order valence-corrected chi connectivity index (χ2v) is 7.54. The van der Waals surface area contributed by atoms with Crippen molar-refractivity contribution in [3.8, 4) is 11.9 Å². The van der Waals surface area contributed by atoms with E-state index in [4.69, 9.17) is 19.9 Å². The minimum atomic E-state index is -0.338. The quantitative estimate of drug-likeness (QED) is 0.470. The summed E-state index contributed by atoms with van der Waals surface area (Å²) in [6.07, 6.45) is 4.03. The molecule has 0 amide bonds. The largest absolute Gasteiger partial charge is 0.476 e. The van der Waals surface area contributed by atoms with E-state index < -0.39 is 0 Å². The van der Waals surface area contributed by atoms with Crippen LogP contribution in [-0.2, 0) is 11.3 Å². The van der Waals surface area contributed by atoms with Gasteiger partial charge in [-0.2, -0.15) is 9.97 Å². The van der Waals surface area contributed by atoms with E-state index in [0.717, 1.165) is 18.5 Å². The molecule has 4 rings (SSSR count). The zero-order chi connectivity index (χ0) is 21.8. The van der Waals surface area contributed by atoms with Gasteiger partial charge in [0.1, 0.15) is 18.7 Å². The number of ether oxygens (including phenoxy) is 3. The molecule has 11 nitrogen and oxygen atoms in total. The molecule has 4 heterocycles. The summed E-state index contributed by atoms with van der Waals surface area (Å²) < 4.78 is 17.7. The Balaban J connectivity index is 1.48. The van der Waals surface area contributed by atoms with Crippen molar-refractivity contribution in [1.29, 1.82) is 0 Å². The molecule has 3 N–H and O–H groups in total. The summed E-state index contributed by atoms with van der Waals surface area (Å²) >= 11 is 0. The summed E-state index contributed by atoms with van der Waals surface area (Å²) in [7, 11) is 3.68. The predicted octanol–water partition coefficient (Wildman–Crippen LogP) is 0.643. The summed E-state index contributed by atoms with van der Waals surface area (Å²) in [6, 6.07) is 4.21. The van der Waals surface area contributed by atoms with Crippen molar-refractivity contribution in [2.45, 2.75) is 25.4 Å². The SMILES string of the molecule is COCCOc1nc(N)c2[nH]c(=O)n(Cc3ccc(OCC4CCCN4C)nc3)c2n1. The Morgan fingerprint density at radius 2 is 2.13 bits per heavy atom. The number of pyridine rings is 1. The van der Waals surface area contributed by atoms with Crippen LogP contribution in [0.25, 0.3) is 11.2 Å². The number of H-pyrrole nitrogens is 1. The summed E-state index contributed by atoms with van der Waals surface area (Å²) in [5, 5.41) is 0. The Morgan fingerprint density at radius 1 is 1.26 bits per heavy atom. The maximum atomic E-state index is 12.5. The number of aromatic amines is 1. The average molecular weight is 429 g/mol. The van der Waals surface area contributed by atoms with Crippen LogP contribution in [-0.4, -0.2) is 76.0 Å². The molecule has 0 bridgehead atoms. The molecule has 0 radical (unpaired) electrons. The van der Waals surface area contributed by atoms with Crippen LogP contribution >= 0.6 is 0 Å². The van der Waals surface area contributed by atoms with Gasteiger partial charge in [0.25, 0.3) is 0 Å². The van der Waals surface area contributed by atoms with Gasteiger partial charge in [-0.3, -0.25) is 4.57 Å². The number of likely N-dealkylation sites (tertiary alicyclic amines) is 1. The minimum absolute atomic E-state index is 0.0913. The molecule has 0 saturated carbocycles. The van der Waals surface area contributed by atoms with Gasteiger partial charge < -0.3 is 29.8 Å². The molecule has 1 saturated heterocycles. The van der Waals surface area contributed by atoms with Crippen LogP contribution in [0.4, 0.5) is 5.82 Å². The third-order valence-electron chi connectivity index (χ3n) is 5.38. The number of nitrogens with two attached hydrogens (primary N) is 1. The number of nitrogen functional groups attached to an aromatic ring is 1. The molecule has 3 aromatic heterocycles. The zero-order valence-corrected chi connectivity index (χ0v) is 17.7. The molecule has 3 aromatic rings. The number of anilines is 1. The maximum Gasteiger partial charge on any atom is 0.328 e. The number of likely N-dealkylation sites (N-methyl/N-ethyl adjacent to an activating group) is 1. The molecule has 0 spiro atoms. The minimum Gasteiger partial charge on any atom is -0.476 e. The highest BCUT2D eigenvalue weighted by Gasteiger charge is 2.21. The summed E-state index contributed by atoms with van der Waals surface area (Å²) in [5.74, 6) is 0.711. The number of aromatic nitrogens is 5. The lowest BCUT2D eigenvalue weighted by Gasteiger charge is -2.19. The first-order chi connectivity index (χ1) is 15.0. The lowest BCUT2D eigenvalue weighted by Crippen LogP contribution is -2.30. The Bertz CT molecular complexity index is 1080. The van der Waals surface area contributed by atoms with E-state index in [0.29, 0.717) is 36.3 Å². The topological polar surface area (TPSA) is 133 Å². The van der Waals surface area contributed by atoms with Crippen molar-refractivity contribution in [2.24, 2.45) is 0 Å². The Labute approximate surface area is 179 Å². The van der Waals surface area contributed by atoms with Crippen molar-refractivity contribution in [3.05, 3.63) is 34.4 Å². The van der Waals surface area contributed by atoms with E-state index in [1.165, 1.54) is 11.0 Å². The van der Waals surface area contributed by atoms with E-state index in [2.05, 4.69) is 31.9 Å². The third kappa shape index (κ3) is 4.78. The summed E-state index contributed by atoms with van der Waals surface area (Å²) in [4.78, 5) is 30.3. The van der Waals surface area contributed by atoms with Gasteiger partial charge in [0.05, 0.1) is 13.2 Å². The van der Waals surface area contributed by atoms with Crippen LogP contribution in [0, 0.1) is 0 Å². The number of imidazole rings is 1. The fourth-order valence-electron chi connectivity index (χ4n) is 3.60. The first-order valence-corrected chi connectivity index (χ1v) is 10.2. The smallest absolute Gasteiger partial charge is 0.328 e. The number of rotatable bonds is 9. The molecule has 166 valence electrons. The molecule has 1 atom stereocenters. The monoisotopic (exact) mass is 429 g/mol. The first-order valence-electron chi connectivity index (χ1n) is 10.2. The second kappa shape index (κ2) is 9.31. The average Bonchev–Trinajstić information content (AvgIpc) is 3.31. The van der Waals surface area contributed by atoms with Crippen LogP contribution in [0.15, 0.2) is 23.1 Å². The van der Waals surface area contributed by atoms with E-state index in [1.807, 2.05) is 12.1 Å². The molecule has 0 aliphatic carbocycles. The number of hydrogen-bond acceptors (Lipinski definition) is 9. The van der Waals surface area contributed by atoms with Crippen molar-refractivity contribution >= 4 is 17.0 Å². The van der Waals surface area contributed by atoms with Gasteiger partial charge >= 0.3 is 11.7 Å². The van der Waals surface area contributed by atoms with E-state index in [1.54, 1.807) is 13.3 Å². The number of fused-ring (bicyclic) bond motifs is 1. The van der Waals surface area contributed by atoms with E-state index >= 15 is 0 Å². The molecule has 1 fully saturated rings. The molecule has 0 aromatic carbocycles. The molecule has 1 aliphatic rings. The van der Waals surface area contributed by atoms with Gasteiger partial charge in [-0.15, -0.1) is 0 Å². The van der Waals surface area contributed by atoms with Crippen LogP contribution < -0.4 is 20.9 Å². The Kier molecular flexibility index (Phi) is 6.33. The van der Waals surface area contributed by atoms with Gasteiger partial charge in [-0.1, -0.05) is 6.07 Å². The van der Waals surface area contributed by atoms with Gasteiger partial charge in [0.2, 0.25) is 5.88 Å². The van der Waals surface area contributed by atoms with Crippen LogP contribution in [0.2, 0.25) is 0 Å². The highest BCUT2D eigenvalue weighted by Crippen LogP contribution is 2.19. The summed E-state index contributed by atoms with van der Waals surface area (Å²) in [5.41, 5.74) is 7.20. The van der Waals surface area contributed by atoms with Crippen molar-refractivity contribution in [1.82, 2.24) is 29.4 Å². The molecule has 11 heteroatoms. The van der Waals surface area contributed by atoms with E-state index in [9.17, 15) is 4.79 Å². The van der Waals surface area contributed by atoms with Crippen LogP contribution in [0.1, 0.15) is 18.4 Å². The standard InChI is InChI=1S/C20H27N7O4/c1-26-7-3-4-14(26)12-31-15-6-5-13(10-22-15)11-27-18-16(23-20(27)28)17(21)24-19(25-18)30-9-8-29-2/h5-6,10,14H,3-4,7-9,11-12H2,1-2H3,(H,23,28)(H2,21,24,25). The van der Waals surface area contributed by atoms with E-state index in [-0.39, 0.29) is 30.7 Å². The maximum absolute atomic E-state index is 12.5. The first kappa shape index (κ1) is 21.1. The number of hydrogen-bond donors (Lipinski definition) is 2. The highest BCUT2D eigenvalue weighted by molar-refractivity contribution is 5.81. The zero-order valence-electron chi connectivity index (χ0n) is 17.7. The Morgan fingerprint density at radius 3 is 2.84 bits per heavy atom. The fourth-order valence-corrected chi connectivity index (χ4v) is 3.60. The molecule has 1 unspecified atom stereocenters. The van der Waals surface area contributed by atoms with Crippen molar-refractivity contribution in [2.75, 3.05) is 46.3 Å². The van der Waals surface area contributed by atoms with Crippen molar-refractivity contribution < 1.29 is 14.2 Å². The molecular formula is C20H27N7O4. The van der Waals surface area contributed by atoms with Crippen LogP contribution in [0.3, 0.4) is 0 Å². The lowest BCUT2D eigenvalue weighted by atomic mass is 10.2. The fraction of sp³-hybridized carbons (Fsp3) is 0.500. The van der Waals surface area contributed by atoms with Gasteiger partial charge in [0.15, 0.2) is 11.5 Å². The molecule has 1 aliphatic heterocycles. The predicted molar refractivity (Wildman–Crippen MR) is 114 cm³/mol. The third-order valence-corrected chi connectivity index (χ3v) is 5.38. The van der Waals surface area contributed by atoms with Gasteiger partial charge in [-0.05, 0) is 32.0 Å². The molecule has 31 heavy (non-hydrogen) atoms. The molecular weight excluding hydrogens is 402 g/mol. The van der Waals surface area contributed by atoms with Gasteiger partial charge in [-0.25, -0.2) is 9.78 Å². The number of methoxy groups -OCH3 is 1. The highest BCUT2D eigenvalue weighted by atomic mass is 16.5. The van der Waals surface area contributed by atoms with Crippen molar-refractivity contribution in [3.63, 3.8) is 0 Å². The van der Waals surface area contributed by atoms with Crippen LogP contribution in [0.5, 0.6) is 11.9 Å². The number of nitrogens with zero attached hydrogens (tertiary/aromatic N) is 5. The summed E-state index contributed by atoms with van der Waals surface area (Å²) in [6.45, 7) is 2.65. The normalized spacial score (nSPS) is 16.8.